The predicted molar refractivity (Wildman–Crippen MR) is 90.8 cm³/mol. The van der Waals surface area contributed by atoms with Crippen molar-refractivity contribution in [2.24, 2.45) is 5.92 Å². The molecule has 0 bridgehead atoms. The van der Waals surface area contributed by atoms with Crippen LogP contribution >= 0.6 is 0 Å². The fourth-order valence-electron chi connectivity index (χ4n) is 3.98. The molecule has 8 nitrogen and oxygen atoms in total. The van der Waals surface area contributed by atoms with Gasteiger partial charge in [0, 0.05) is 25.7 Å². The first-order valence-corrected chi connectivity index (χ1v) is 8.93. The average Bonchev–Trinajstić information content (AvgIpc) is 3.04. The highest BCUT2D eigenvalue weighted by atomic mass is 16.5. The fraction of sp³-hybridized carbons (Fsp3) is 0.706. The third kappa shape index (κ3) is 3.55. The summed E-state index contributed by atoms with van der Waals surface area (Å²) in [5.74, 6) is 0.767. The van der Waals surface area contributed by atoms with E-state index in [-0.39, 0.29) is 17.6 Å². The zero-order valence-corrected chi connectivity index (χ0v) is 14.2. The number of hydrogen-bond donors (Lipinski definition) is 2. The smallest absolute Gasteiger partial charge is 0.306 e. The molecule has 3 heterocycles. The highest BCUT2D eigenvalue weighted by molar-refractivity contribution is 5.71. The summed E-state index contributed by atoms with van der Waals surface area (Å²) >= 11 is 0. The van der Waals surface area contributed by atoms with Crippen molar-refractivity contribution in [1.82, 2.24) is 9.97 Å². The van der Waals surface area contributed by atoms with E-state index in [0.29, 0.717) is 19.4 Å². The number of nitrogens with zero attached hydrogens (tertiary/aromatic N) is 3. The van der Waals surface area contributed by atoms with Crippen LogP contribution in [0.25, 0.3) is 0 Å². The van der Waals surface area contributed by atoms with Crippen molar-refractivity contribution >= 4 is 17.6 Å². The molecule has 1 atom stereocenters. The summed E-state index contributed by atoms with van der Waals surface area (Å²) in [6, 6.07) is 1.96. The van der Waals surface area contributed by atoms with Gasteiger partial charge in [0.15, 0.2) is 0 Å². The van der Waals surface area contributed by atoms with Crippen molar-refractivity contribution in [1.29, 1.82) is 0 Å². The normalized spacial score (nSPS) is 31.8. The number of anilines is 2. The second kappa shape index (κ2) is 6.76. The molecule has 2 N–H and O–H groups in total. The van der Waals surface area contributed by atoms with E-state index in [4.69, 9.17) is 14.6 Å². The van der Waals surface area contributed by atoms with Gasteiger partial charge >= 0.3 is 5.97 Å². The summed E-state index contributed by atoms with van der Waals surface area (Å²) in [7, 11) is 0. The average molecular weight is 348 g/mol. The van der Waals surface area contributed by atoms with Gasteiger partial charge in [0.25, 0.3) is 0 Å². The third-order valence-electron chi connectivity index (χ3n) is 5.42. The number of aromatic nitrogens is 2. The van der Waals surface area contributed by atoms with Gasteiger partial charge in [0.2, 0.25) is 0 Å². The second-order valence-corrected chi connectivity index (χ2v) is 7.15. The third-order valence-corrected chi connectivity index (χ3v) is 5.42. The van der Waals surface area contributed by atoms with Gasteiger partial charge < -0.3 is 24.8 Å². The molecule has 0 radical (unpaired) electrons. The quantitative estimate of drug-likeness (QED) is 0.818. The number of carboxylic acids is 1. The van der Waals surface area contributed by atoms with Crippen LogP contribution in [0.5, 0.6) is 0 Å². The van der Waals surface area contributed by atoms with Crippen LogP contribution in [0.15, 0.2) is 12.4 Å². The zero-order chi connectivity index (χ0) is 17.3. The fourth-order valence-corrected chi connectivity index (χ4v) is 3.98. The lowest BCUT2D eigenvalue weighted by Gasteiger charge is -2.42. The summed E-state index contributed by atoms with van der Waals surface area (Å²) < 4.78 is 11.5. The minimum Gasteiger partial charge on any atom is -0.481 e. The maximum absolute atomic E-state index is 11.0. The van der Waals surface area contributed by atoms with Crippen molar-refractivity contribution in [2.45, 2.75) is 37.4 Å². The highest BCUT2D eigenvalue weighted by Crippen LogP contribution is 2.49. The summed E-state index contributed by atoms with van der Waals surface area (Å²) in [5.41, 5.74) is -0.194. The van der Waals surface area contributed by atoms with Crippen molar-refractivity contribution in [2.75, 3.05) is 43.1 Å². The Labute approximate surface area is 146 Å². The maximum Gasteiger partial charge on any atom is 0.306 e. The molecule has 1 aromatic heterocycles. The molecule has 1 unspecified atom stereocenters. The molecule has 1 spiro atoms. The van der Waals surface area contributed by atoms with Crippen LogP contribution in [0.2, 0.25) is 0 Å². The van der Waals surface area contributed by atoms with Crippen molar-refractivity contribution in [3.05, 3.63) is 12.4 Å². The molecule has 1 saturated carbocycles. The molecular formula is C17H24N4O4. The van der Waals surface area contributed by atoms with Crippen LogP contribution in [-0.2, 0) is 14.3 Å². The van der Waals surface area contributed by atoms with Gasteiger partial charge in [0.1, 0.15) is 18.0 Å². The van der Waals surface area contributed by atoms with E-state index in [1.165, 1.54) is 0 Å². The van der Waals surface area contributed by atoms with E-state index in [0.717, 1.165) is 50.8 Å². The van der Waals surface area contributed by atoms with Gasteiger partial charge in [-0.05, 0) is 25.7 Å². The first kappa shape index (κ1) is 16.5. The topological polar surface area (TPSA) is 96.8 Å². The monoisotopic (exact) mass is 348 g/mol. The Balaban J connectivity index is 1.28. The minimum absolute atomic E-state index is 0.108. The van der Waals surface area contributed by atoms with E-state index >= 15 is 0 Å². The molecule has 3 aliphatic rings. The lowest BCUT2D eigenvalue weighted by molar-refractivity contribution is -0.164. The van der Waals surface area contributed by atoms with Crippen LogP contribution < -0.4 is 10.2 Å². The molecule has 4 rings (SSSR count). The highest BCUT2D eigenvalue weighted by Gasteiger charge is 2.52. The van der Waals surface area contributed by atoms with Gasteiger partial charge in [0.05, 0.1) is 30.8 Å². The standard InChI is InChI=1S/C17H24N4O4/c22-16(23)12-8-17(9-12)2-1-13(25-17)10-18-14-7-15(20-11-19-14)21-3-5-24-6-4-21/h7,11-13H,1-6,8-10H2,(H,22,23)(H,18,19,20). The molecule has 3 fully saturated rings. The lowest BCUT2D eigenvalue weighted by Crippen LogP contribution is -2.47. The van der Waals surface area contributed by atoms with Gasteiger partial charge in [-0.1, -0.05) is 0 Å². The molecule has 1 aromatic rings. The molecule has 0 aromatic carbocycles. The van der Waals surface area contributed by atoms with Crippen molar-refractivity contribution < 1.29 is 19.4 Å². The van der Waals surface area contributed by atoms with E-state index in [2.05, 4.69) is 20.2 Å². The van der Waals surface area contributed by atoms with Crippen LogP contribution in [0.1, 0.15) is 25.7 Å². The molecular weight excluding hydrogens is 324 g/mol. The number of carboxylic acid groups (broad SMARTS) is 1. The Bertz CT molecular complexity index is 629. The van der Waals surface area contributed by atoms with Crippen molar-refractivity contribution in [3.8, 4) is 0 Å². The summed E-state index contributed by atoms with van der Waals surface area (Å²) in [4.78, 5) is 21.8. The largest absolute Gasteiger partial charge is 0.481 e. The van der Waals surface area contributed by atoms with Crippen LogP contribution in [0.4, 0.5) is 11.6 Å². The van der Waals surface area contributed by atoms with Gasteiger partial charge in [-0.15, -0.1) is 0 Å². The second-order valence-electron chi connectivity index (χ2n) is 7.15. The van der Waals surface area contributed by atoms with E-state index in [9.17, 15) is 4.79 Å². The van der Waals surface area contributed by atoms with Crippen LogP contribution in [-0.4, -0.2) is 65.6 Å². The molecule has 25 heavy (non-hydrogen) atoms. The Morgan fingerprint density at radius 2 is 2.16 bits per heavy atom. The molecule has 8 heteroatoms. The predicted octanol–water partition coefficient (Wildman–Crippen LogP) is 1.14. The van der Waals surface area contributed by atoms with E-state index < -0.39 is 5.97 Å². The lowest BCUT2D eigenvalue weighted by atomic mass is 9.69. The zero-order valence-electron chi connectivity index (χ0n) is 14.2. The van der Waals surface area contributed by atoms with Gasteiger partial charge in [-0.2, -0.15) is 0 Å². The van der Waals surface area contributed by atoms with Crippen LogP contribution in [0, 0.1) is 5.92 Å². The van der Waals surface area contributed by atoms with E-state index in [1.54, 1.807) is 6.33 Å². The SMILES string of the molecule is O=C(O)C1CC2(CCC(CNc3cc(N4CCOCC4)ncn3)O2)C1. The number of nitrogens with one attached hydrogen (secondary N) is 1. The van der Waals surface area contributed by atoms with Crippen molar-refractivity contribution in [3.63, 3.8) is 0 Å². The van der Waals surface area contributed by atoms with Crippen LogP contribution in [0.3, 0.4) is 0 Å². The first-order chi connectivity index (χ1) is 12.1. The number of carbonyl (C=O) groups is 1. The number of rotatable bonds is 5. The minimum atomic E-state index is -0.701. The first-order valence-electron chi connectivity index (χ1n) is 8.93. The van der Waals surface area contributed by atoms with Gasteiger partial charge in [-0.3, -0.25) is 4.79 Å². The molecule has 136 valence electrons. The summed E-state index contributed by atoms with van der Waals surface area (Å²) in [6.07, 6.45) is 4.89. The Hall–Kier alpha value is -1.93. The Morgan fingerprint density at radius 1 is 1.36 bits per heavy atom. The summed E-state index contributed by atoms with van der Waals surface area (Å²) in [5, 5.41) is 12.4. The van der Waals surface area contributed by atoms with E-state index in [1.807, 2.05) is 6.07 Å². The molecule has 0 amide bonds. The Kier molecular flexibility index (Phi) is 4.47. The number of aliphatic carboxylic acids is 1. The number of morpholine rings is 1. The number of hydrogen-bond acceptors (Lipinski definition) is 7. The Morgan fingerprint density at radius 3 is 2.92 bits per heavy atom. The molecule has 1 aliphatic carbocycles. The molecule has 2 aliphatic heterocycles. The summed E-state index contributed by atoms with van der Waals surface area (Å²) in [6.45, 7) is 3.81. The van der Waals surface area contributed by atoms with Gasteiger partial charge in [-0.25, -0.2) is 9.97 Å². The maximum atomic E-state index is 11.0. The number of ether oxygens (including phenoxy) is 2. The molecule has 2 saturated heterocycles.